The summed E-state index contributed by atoms with van der Waals surface area (Å²) in [6.07, 6.45) is 5.14. The number of hydrogen-bond acceptors (Lipinski definition) is 2. The van der Waals surface area contributed by atoms with Crippen molar-refractivity contribution in [2.45, 2.75) is 63.4 Å². The molecule has 1 aliphatic rings. The van der Waals surface area contributed by atoms with Crippen LogP contribution >= 0.6 is 0 Å². The zero-order valence-electron chi connectivity index (χ0n) is 13.2. The normalized spacial score (nSPS) is 16.5. The summed E-state index contributed by atoms with van der Waals surface area (Å²) < 4.78 is 0. The molecule has 2 rings (SSSR count). The summed E-state index contributed by atoms with van der Waals surface area (Å²) in [5.41, 5.74) is -0.0102. The standard InChI is InChI=1S/C18H27NO2/c1-3-10-17(21,11-4-2)14-19-16(20)18(12-13-18)15-8-6-5-7-9-15/h5-9,21H,3-4,10-14H2,1-2H3,(H,19,20). The number of amides is 1. The van der Waals surface area contributed by atoms with E-state index < -0.39 is 5.60 Å². The van der Waals surface area contributed by atoms with Gasteiger partial charge in [0, 0.05) is 6.54 Å². The molecule has 1 fully saturated rings. The second-order valence-corrected chi connectivity index (χ2v) is 6.36. The van der Waals surface area contributed by atoms with Crippen molar-refractivity contribution in [3.05, 3.63) is 35.9 Å². The Bertz CT molecular complexity index is 459. The fourth-order valence-electron chi connectivity index (χ4n) is 3.18. The Hall–Kier alpha value is -1.35. The third-order valence-corrected chi connectivity index (χ3v) is 4.52. The number of carbonyl (C=O) groups excluding carboxylic acids is 1. The van der Waals surface area contributed by atoms with E-state index in [2.05, 4.69) is 19.2 Å². The molecule has 0 radical (unpaired) electrons. The van der Waals surface area contributed by atoms with Crippen LogP contribution in [0.4, 0.5) is 0 Å². The number of hydrogen-bond donors (Lipinski definition) is 2. The molecule has 0 unspecified atom stereocenters. The first kappa shape index (κ1) is 16.0. The molecule has 21 heavy (non-hydrogen) atoms. The predicted molar refractivity (Wildman–Crippen MR) is 85.1 cm³/mol. The maximum atomic E-state index is 12.6. The van der Waals surface area contributed by atoms with Crippen molar-refractivity contribution in [3.63, 3.8) is 0 Å². The van der Waals surface area contributed by atoms with E-state index in [9.17, 15) is 9.90 Å². The molecule has 1 aliphatic carbocycles. The molecule has 1 aromatic carbocycles. The summed E-state index contributed by atoms with van der Waals surface area (Å²) in [7, 11) is 0. The lowest BCUT2D eigenvalue weighted by atomic mass is 9.91. The van der Waals surface area contributed by atoms with E-state index in [1.807, 2.05) is 30.3 Å². The third kappa shape index (κ3) is 3.65. The summed E-state index contributed by atoms with van der Waals surface area (Å²) in [6.45, 7) is 4.49. The summed E-state index contributed by atoms with van der Waals surface area (Å²) in [5.74, 6) is 0.0688. The predicted octanol–water partition coefficient (Wildman–Crippen LogP) is 3.17. The van der Waals surface area contributed by atoms with Crippen molar-refractivity contribution < 1.29 is 9.90 Å². The molecule has 0 aromatic heterocycles. The van der Waals surface area contributed by atoms with E-state index in [0.717, 1.165) is 44.1 Å². The van der Waals surface area contributed by atoms with Gasteiger partial charge in [0.15, 0.2) is 0 Å². The van der Waals surface area contributed by atoms with Crippen LogP contribution < -0.4 is 5.32 Å². The number of nitrogens with one attached hydrogen (secondary N) is 1. The van der Waals surface area contributed by atoms with Gasteiger partial charge in [0.05, 0.1) is 11.0 Å². The molecular formula is C18H27NO2. The SMILES string of the molecule is CCCC(O)(CCC)CNC(=O)C1(c2ccccc2)CC1. The van der Waals surface area contributed by atoms with Gasteiger partial charge in [-0.15, -0.1) is 0 Å². The molecule has 1 aromatic rings. The van der Waals surface area contributed by atoms with Gasteiger partial charge in [-0.1, -0.05) is 57.0 Å². The molecule has 3 heteroatoms. The highest BCUT2D eigenvalue weighted by Gasteiger charge is 2.51. The first-order valence-corrected chi connectivity index (χ1v) is 8.12. The minimum absolute atomic E-state index is 0.0688. The van der Waals surface area contributed by atoms with Crippen molar-refractivity contribution in [1.29, 1.82) is 0 Å². The highest BCUT2D eigenvalue weighted by atomic mass is 16.3. The van der Waals surface area contributed by atoms with Crippen molar-refractivity contribution in [2.24, 2.45) is 0 Å². The largest absolute Gasteiger partial charge is 0.388 e. The van der Waals surface area contributed by atoms with E-state index in [1.165, 1.54) is 0 Å². The summed E-state index contributed by atoms with van der Waals surface area (Å²) in [6, 6.07) is 9.98. The van der Waals surface area contributed by atoms with E-state index in [0.29, 0.717) is 6.54 Å². The Morgan fingerprint density at radius 2 is 1.76 bits per heavy atom. The summed E-state index contributed by atoms with van der Waals surface area (Å²) in [4.78, 5) is 12.6. The Kier molecular flexibility index (Phi) is 5.04. The van der Waals surface area contributed by atoms with Gasteiger partial charge in [-0.2, -0.15) is 0 Å². The highest BCUT2D eigenvalue weighted by Crippen LogP contribution is 2.48. The average Bonchev–Trinajstić information content (AvgIpc) is 3.28. The maximum absolute atomic E-state index is 12.6. The number of rotatable bonds is 8. The van der Waals surface area contributed by atoms with Crippen LogP contribution in [-0.2, 0) is 10.2 Å². The molecular weight excluding hydrogens is 262 g/mol. The zero-order valence-corrected chi connectivity index (χ0v) is 13.2. The lowest BCUT2D eigenvalue weighted by Crippen LogP contribution is -2.46. The van der Waals surface area contributed by atoms with Gasteiger partial charge in [-0.05, 0) is 31.2 Å². The van der Waals surface area contributed by atoms with Crippen molar-refractivity contribution >= 4 is 5.91 Å². The first-order valence-electron chi connectivity index (χ1n) is 8.12. The zero-order chi connectivity index (χ0) is 15.3. The number of benzene rings is 1. The molecule has 0 bridgehead atoms. The molecule has 3 nitrogen and oxygen atoms in total. The second kappa shape index (κ2) is 6.61. The van der Waals surface area contributed by atoms with Crippen molar-refractivity contribution in [2.75, 3.05) is 6.54 Å². The van der Waals surface area contributed by atoms with E-state index >= 15 is 0 Å². The van der Waals surface area contributed by atoms with Gasteiger partial charge in [-0.25, -0.2) is 0 Å². The number of carbonyl (C=O) groups is 1. The van der Waals surface area contributed by atoms with E-state index in [4.69, 9.17) is 0 Å². The molecule has 0 saturated heterocycles. The van der Waals surface area contributed by atoms with Gasteiger partial charge < -0.3 is 10.4 Å². The molecule has 0 heterocycles. The Balaban J connectivity index is 1.98. The molecule has 1 amide bonds. The van der Waals surface area contributed by atoms with Crippen LogP contribution in [0.25, 0.3) is 0 Å². The highest BCUT2D eigenvalue weighted by molar-refractivity contribution is 5.91. The van der Waals surface area contributed by atoms with Crippen LogP contribution in [0.2, 0.25) is 0 Å². The fourth-order valence-corrected chi connectivity index (χ4v) is 3.18. The van der Waals surface area contributed by atoms with Crippen molar-refractivity contribution in [3.8, 4) is 0 Å². The molecule has 0 atom stereocenters. The molecule has 1 saturated carbocycles. The molecule has 116 valence electrons. The van der Waals surface area contributed by atoms with Crippen LogP contribution in [0.5, 0.6) is 0 Å². The van der Waals surface area contributed by atoms with Gasteiger partial charge in [-0.3, -0.25) is 4.79 Å². The fraction of sp³-hybridized carbons (Fsp3) is 0.611. The molecule has 0 aliphatic heterocycles. The minimum Gasteiger partial charge on any atom is -0.388 e. The second-order valence-electron chi connectivity index (χ2n) is 6.36. The minimum atomic E-state index is -0.758. The Morgan fingerprint density at radius 1 is 1.19 bits per heavy atom. The van der Waals surface area contributed by atoms with Crippen LogP contribution in [-0.4, -0.2) is 23.2 Å². The topological polar surface area (TPSA) is 49.3 Å². The average molecular weight is 289 g/mol. The van der Waals surface area contributed by atoms with Crippen molar-refractivity contribution in [1.82, 2.24) is 5.32 Å². The Labute approximate surface area is 127 Å². The van der Waals surface area contributed by atoms with Crippen LogP contribution in [0, 0.1) is 0 Å². The maximum Gasteiger partial charge on any atom is 0.230 e. The lowest BCUT2D eigenvalue weighted by Gasteiger charge is -2.29. The Morgan fingerprint density at radius 3 is 2.24 bits per heavy atom. The van der Waals surface area contributed by atoms with Crippen LogP contribution in [0.15, 0.2) is 30.3 Å². The summed E-state index contributed by atoms with van der Waals surface area (Å²) in [5, 5.41) is 13.6. The van der Waals surface area contributed by atoms with Crippen LogP contribution in [0.1, 0.15) is 57.9 Å². The van der Waals surface area contributed by atoms with E-state index in [-0.39, 0.29) is 11.3 Å². The molecule has 0 spiro atoms. The monoisotopic (exact) mass is 289 g/mol. The number of aliphatic hydroxyl groups is 1. The lowest BCUT2D eigenvalue weighted by molar-refractivity contribution is -0.125. The summed E-state index contributed by atoms with van der Waals surface area (Å²) >= 11 is 0. The van der Waals surface area contributed by atoms with E-state index in [1.54, 1.807) is 0 Å². The van der Waals surface area contributed by atoms with Crippen LogP contribution in [0.3, 0.4) is 0 Å². The van der Waals surface area contributed by atoms with Gasteiger partial charge in [0.1, 0.15) is 0 Å². The van der Waals surface area contributed by atoms with Gasteiger partial charge in [0.2, 0.25) is 5.91 Å². The quantitative estimate of drug-likeness (QED) is 0.772. The van der Waals surface area contributed by atoms with Gasteiger partial charge >= 0.3 is 0 Å². The third-order valence-electron chi connectivity index (χ3n) is 4.52. The van der Waals surface area contributed by atoms with Gasteiger partial charge in [0.25, 0.3) is 0 Å². The molecule has 2 N–H and O–H groups in total. The smallest absolute Gasteiger partial charge is 0.230 e. The first-order chi connectivity index (χ1) is 10.1.